The zero-order valence-electron chi connectivity index (χ0n) is 13.7. The van der Waals surface area contributed by atoms with Gasteiger partial charge in [-0.05, 0) is 24.6 Å². The van der Waals surface area contributed by atoms with Gasteiger partial charge < -0.3 is 10.6 Å². The quantitative estimate of drug-likeness (QED) is 0.725. The normalized spacial score (nSPS) is 10.2. The highest BCUT2D eigenvalue weighted by Gasteiger charge is 2.07. The molecule has 0 saturated heterocycles. The topological polar surface area (TPSA) is 58.2 Å². The van der Waals surface area contributed by atoms with Gasteiger partial charge in [-0.15, -0.1) is 0 Å². The Morgan fingerprint density at radius 1 is 0.958 bits per heavy atom. The summed E-state index contributed by atoms with van der Waals surface area (Å²) < 4.78 is 0. The number of thioether (sulfide) groups is 1. The highest BCUT2D eigenvalue weighted by atomic mass is 32.2. The lowest BCUT2D eigenvalue weighted by atomic mass is 10.1. The lowest BCUT2D eigenvalue weighted by Crippen LogP contribution is -2.37. The van der Waals surface area contributed by atoms with E-state index in [9.17, 15) is 9.59 Å². The molecule has 0 aromatic heterocycles. The molecule has 24 heavy (non-hydrogen) atoms. The molecule has 0 fully saturated rings. The smallest absolute Gasteiger partial charge is 0.251 e. The number of rotatable bonds is 8. The van der Waals surface area contributed by atoms with E-state index in [0.717, 1.165) is 17.1 Å². The van der Waals surface area contributed by atoms with Crippen LogP contribution in [0.5, 0.6) is 0 Å². The fraction of sp³-hybridized carbons (Fsp3) is 0.263. The van der Waals surface area contributed by atoms with Crippen LogP contribution in [0.25, 0.3) is 0 Å². The van der Waals surface area contributed by atoms with Gasteiger partial charge in [-0.25, -0.2) is 0 Å². The van der Waals surface area contributed by atoms with Crippen LogP contribution in [0.2, 0.25) is 0 Å². The van der Waals surface area contributed by atoms with Crippen LogP contribution in [0.3, 0.4) is 0 Å². The van der Waals surface area contributed by atoms with Crippen LogP contribution in [0.4, 0.5) is 0 Å². The summed E-state index contributed by atoms with van der Waals surface area (Å²) in [5.74, 6) is 1.37. The molecular weight excluding hydrogens is 320 g/mol. The Balaban J connectivity index is 1.58. The third-order valence-electron chi connectivity index (χ3n) is 3.40. The summed E-state index contributed by atoms with van der Waals surface area (Å²) in [4.78, 5) is 23.6. The standard InChI is InChI=1S/C19H22N2O2S/c1-15-7-9-17(10-8-15)19(23)21-13-18(22)20-11-12-24-14-16-5-3-2-4-6-16/h2-10H,11-14H2,1H3,(H,20,22)(H,21,23). The second-order valence-corrected chi connectivity index (χ2v) is 6.54. The van der Waals surface area contributed by atoms with E-state index in [1.807, 2.05) is 37.3 Å². The van der Waals surface area contributed by atoms with Crippen molar-refractivity contribution in [3.8, 4) is 0 Å². The van der Waals surface area contributed by atoms with Crippen molar-refractivity contribution in [1.82, 2.24) is 10.6 Å². The average molecular weight is 342 g/mol. The number of aryl methyl sites for hydroxylation is 1. The van der Waals surface area contributed by atoms with Gasteiger partial charge >= 0.3 is 0 Å². The van der Waals surface area contributed by atoms with E-state index < -0.39 is 0 Å². The fourth-order valence-electron chi connectivity index (χ4n) is 2.06. The number of carbonyl (C=O) groups excluding carboxylic acids is 2. The van der Waals surface area contributed by atoms with Gasteiger partial charge in [0.1, 0.15) is 0 Å². The summed E-state index contributed by atoms with van der Waals surface area (Å²) in [6.07, 6.45) is 0. The van der Waals surface area contributed by atoms with Crippen molar-refractivity contribution in [2.75, 3.05) is 18.8 Å². The molecule has 2 rings (SSSR count). The summed E-state index contributed by atoms with van der Waals surface area (Å²) in [7, 11) is 0. The molecule has 0 aliphatic heterocycles. The van der Waals surface area contributed by atoms with Gasteiger partial charge in [0.15, 0.2) is 0 Å². The fourth-order valence-corrected chi connectivity index (χ4v) is 2.88. The van der Waals surface area contributed by atoms with E-state index in [4.69, 9.17) is 0 Å². The molecule has 0 spiro atoms. The molecule has 2 amide bonds. The van der Waals surface area contributed by atoms with Gasteiger partial charge in [0, 0.05) is 23.6 Å². The molecule has 126 valence electrons. The summed E-state index contributed by atoms with van der Waals surface area (Å²) in [5.41, 5.74) is 2.93. The maximum absolute atomic E-state index is 11.9. The molecule has 2 aromatic carbocycles. The minimum Gasteiger partial charge on any atom is -0.354 e. The third-order valence-corrected chi connectivity index (χ3v) is 4.43. The molecule has 0 aliphatic carbocycles. The Hall–Kier alpha value is -2.27. The first kappa shape index (κ1) is 18.1. The first-order chi connectivity index (χ1) is 11.6. The molecular formula is C19H22N2O2S. The summed E-state index contributed by atoms with van der Waals surface area (Å²) in [6.45, 7) is 2.55. The van der Waals surface area contributed by atoms with Gasteiger partial charge in [0.05, 0.1) is 6.54 Å². The number of carbonyl (C=O) groups is 2. The van der Waals surface area contributed by atoms with Gasteiger partial charge in [-0.2, -0.15) is 11.8 Å². The molecule has 0 saturated carbocycles. The zero-order valence-corrected chi connectivity index (χ0v) is 14.6. The highest BCUT2D eigenvalue weighted by Crippen LogP contribution is 2.10. The Morgan fingerprint density at radius 3 is 2.38 bits per heavy atom. The number of hydrogen-bond acceptors (Lipinski definition) is 3. The minimum absolute atomic E-state index is 0.00391. The Labute approximate surface area is 147 Å². The number of hydrogen-bond donors (Lipinski definition) is 2. The van der Waals surface area contributed by atoms with E-state index in [-0.39, 0.29) is 18.4 Å². The number of benzene rings is 2. The van der Waals surface area contributed by atoms with Gasteiger partial charge in [0.2, 0.25) is 5.91 Å². The molecule has 2 aromatic rings. The largest absolute Gasteiger partial charge is 0.354 e. The molecule has 0 unspecified atom stereocenters. The van der Waals surface area contributed by atoms with E-state index in [1.165, 1.54) is 5.56 Å². The zero-order chi connectivity index (χ0) is 17.2. The molecule has 0 aliphatic rings. The average Bonchev–Trinajstić information content (AvgIpc) is 2.61. The maximum atomic E-state index is 11.9. The van der Waals surface area contributed by atoms with Crippen molar-refractivity contribution in [2.24, 2.45) is 0 Å². The second-order valence-electron chi connectivity index (χ2n) is 5.44. The maximum Gasteiger partial charge on any atom is 0.251 e. The minimum atomic E-state index is -0.233. The molecule has 0 bridgehead atoms. The monoisotopic (exact) mass is 342 g/mol. The Morgan fingerprint density at radius 2 is 1.67 bits per heavy atom. The summed E-state index contributed by atoms with van der Waals surface area (Å²) in [6, 6.07) is 17.5. The SMILES string of the molecule is Cc1ccc(C(=O)NCC(=O)NCCSCc2ccccc2)cc1. The van der Waals surface area contributed by atoms with Gasteiger partial charge in [-0.3, -0.25) is 9.59 Å². The summed E-state index contributed by atoms with van der Waals surface area (Å²) >= 11 is 1.77. The van der Waals surface area contributed by atoms with Gasteiger partial charge in [-0.1, -0.05) is 48.0 Å². The molecule has 4 nitrogen and oxygen atoms in total. The van der Waals surface area contributed by atoms with Crippen molar-refractivity contribution >= 4 is 23.6 Å². The molecule has 0 radical (unpaired) electrons. The van der Waals surface area contributed by atoms with Crippen LogP contribution in [0.1, 0.15) is 21.5 Å². The van der Waals surface area contributed by atoms with Crippen LogP contribution < -0.4 is 10.6 Å². The van der Waals surface area contributed by atoms with Crippen molar-refractivity contribution in [1.29, 1.82) is 0 Å². The second kappa shape index (κ2) is 9.78. The number of nitrogens with one attached hydrogen (secondary N) is 2. The van der Waals surface area contributed by atoms with Crippen LogP contribution in [0, 0.1) is 6.92 Å². The predicted molar refractivity (Wildman–Crippen MR) is 99.1 cm³/mol. The van der Waals surface area contributed by atoms with E-state index in [1.54, 1.807) is 23.9 Å². The third kappa shape index (κ3) is 6.46. The van der Waals surface area contributed by atoms with E-state index in [2.05, 4.69) is 22.8 Å². The first-order valence-electron chi connectivity index (χ1n) is 7.88. The van der Waals surface area contributed by atoms with E-state index in [0.29, 0.717) is 12.1 Å². The number of amides is 2. The van der Waals surface area contributed by atoms with Crippen LogP contribution >= 0.6 is 11.8 Å². The predicted octanol–water partition coefficient (Wildman–Crippen LogP) is 2.77. The van der Waals surface area contributed by atoms with Crippen molar-refractivity contribution in [2.45, 2.75) is 12.7 Å². The Kier molecular flexibility index (Phi) is 7.36. The first-order valence-corrected chi connectivity index (χ1v) is 9.04. The lowest BCUT2D eigenvalue weighted by molar-refractivity contribution is -0.120. The van der Waals surface area contributed by atoms with Crippen LogP contribution in [-0.4, -0.2) is 30.7 Å². The van der Waals surface area contributed by atoms with Crippen molar-refractivity contribution in [3.05, 3.63) is 71.3 Å². The molecule has 5 heteroatoms. The highest BCUT2D eigenvalue weighted by molar-refractivity contribution is 7.98. The Bertz CT molecular complexity index is 657. The van der Waals surface area contributed by atoms with Crippen LogP contribution in [0.15, 0.2) is 54.6 Å². The van der Waals surface area contributed by atoms with Crippen molar-refractivity contribution < 1.29 is 9.59 Å². The molecule has 2 N–H and O–H groups in total. The van der Waals surface area contributed by atoms with Crippen molar-refractivity contribution in [3.63, 3.8) is 0 Å². The lowest BCUT2D eigenvalue weighted by Gasteiger charge is -2.07. The molecule has 0 heterocycles. The van der Waals surface area contributed by atoms with Crippen LogP contribution in [-0.2, 0) is 10.5 Å². The van der Waals surface area contributed by atoms with Gasteiger partial charge in [0.25, 0.3) is 5.91 Å². The molecule has 0 atom stereocenters. The summed E-state index contributed by atoms with van der Waals surface area (Å²) in [5, 5.41) is 5.44. The van der Waals surface area contributed by atoms with E-state index >= 15 is 0 Å².